The van der Waals surface area contributed by atoms with Crippen molar-refractivity contribution < 1.29 is 41.5 Å². The highest BCUT2D eigenvalue weighted by Crippen LogP contribution is 2.37. The summed E-state index contributed by atoms with van der Waals surface area (Å²) in [6.07, 6.45) is -4.30. The number of likely N-dealkylation sites (N-methyl/N-ethyl adjacent to an activating group) is 1. The van der Waals surface area contributed by atoms with Gasteiger partial charge in [0.2, 0.25) is 11.8 Å². The van der Waals surface area contributed by atoms with Gasteiger partial charge in [-0.25, -0.2) is 9.97 Å². The predicted molar refractivity (Wildman–Crippen MR) is 124 cm³/mol. The molecule has 0 saturated heterocycles. The van der Waals surface area contributed by atoms with Gasteiger partial charge in [-0.05, 0) is 43.7 Å². The Hall–Kier alpha value is -3.75. The lowest BCUT2D eigenvalue weighted by Crippen LogP contribution is -2.35. The molecule has 14 heteroatoms. The molecule has 0 fully saturated rings. The number of aromatic nitrogens is 2. The highest BCUT2D eigenvalue weighted by Gasteiger charge is 2.36. The summed E-state index contributed by atoms with van der Waals surface area (Å²) in [6, 6.07) is 7.60. The highest BCUT2D eigenvalue weighted by atomic mass is 32.2. The fourth-order valence-corrected chi connectivity index (χ4v) is 4.15. The number of benzene rings is 1. The predicted octanol–water partition coefficient (Wildman–Crippen LogP) is 3.77. The van der Waals surface area contributed by atoms with Crippen LogP contribution in [0.15, 0.2) is 47.5 Å². The Morgan fingerprint density at radius 3 is 2.54 bits per heavy atom. The number of amides is 2. The third-order valence-corrected chi connectivity index (χ3v) is 6.43. The third kappa shape index (κ3) is 6.34. The number of carbonyl (C=O) groups is 2. The number of rotatable bonds is 7. The van der Waals surface area contributed by atoms with Crippen molar-refractivity contribution in [3.63, 3.8) is 0 Å². The quantitative estimate of drug-likeness (QED) is 0.265. The van der Waals surface area contributed by atoms with Crippen molar-refractivity contribution in [2.45, 2.75) is 24.9 Å². The van der Waals surface area contributed by atoms with E-state index < -0.39 is 64.5 Å². The summed E-state index contributed by atoms with van der Waals surface area (Å²) in [4.78, 5) is 32.2. The molecule has 0 aliphatic rings. The number of halogens is 4. The monoisotopic (exact) mass is 540 g/mol. The number of nitrogens with one attached hydrogen (secondary N) is 1. The summed E-state index contributed by atoms with van der Waals surface area (Å²) >= 11 is -2.03. The molecule has 37 heavy (non-hydrogen) atoms. The van der Waals surface area contributed by atoms with Gasteiger partial charge in [0, 0.05) is 18.0 Å². The van der Waals surface area contributed by atoms with Gasteiger partial charge in [0.25, 0.3) is 11.8 Å². The Kier molecular flexibility index (Phi) is 8.35. The third-order valence-electron chi connectivity index (χ3n) is 5.07. The highest BCUT2D eigenvalue weighted by molar-refractivity contribution is 7.89. The smallest absolute Gasteiger partial charge is 0.418 e. The number of pyridine rings is 2. The minimum atomic E-state index is -4.82. The van der Waals surface area contributed by atoms with E-state index in [2.05, 4.69) is 15.3 Å². The number of aliphatic hydroxyl groups excluding tert-OH is 1. The van der Waals surface area contributed by atoms with Crippen molar-refractivity contribution in [3.05, 3.63) is 70.9 Å². The first-order chi connectivity index (χ1) is 17.3. The first kappa shape index (κ1) is 27.8. The van der Waals surface area contributed by atoms with Crippen molar-refractivity contribution in [1.82, 2.24) is 14.3 Å². The van der Waals surface area contributed by atoms with Crippen molar-refractivity contribution in [2.24, 2.45) is 0 Å². The van der Waals surface area contributed by atoms with E-state index in [0.29, 0.717) is 6.20 Å². The first-order valence-electron chi connectivity index (χ1n) is 10.4. The Balaban J connectivity index is 2.00. The molecule has 1 atom stereocenters. The van der Waals surface area contributed by atoms with Crippen LogP contribution in [0, 0.1) is 19.8 Å². The van der Waals surface area contributed by atoms with Gasteiger partial charge in [0.1, 0.15) is 23.5 Å². The summed E-state index contributed by atoms with van der Waals surface area (Å²) in [5.41, 5.74) is -2.07. The lowest BCUT2D eigenvalue weighted by molar-refractivity contribution is -0.138. The van der Waals surface area contributed by atoms with Gasteiger partial charge in [-0.1, -0.05) is 6.07 Å². The van der Waals surface area contributed by atoms with E-state index >= 15 is 0 Å². The fourth-order valence-electron chi connectivity index (χ4n) is 3.17. The normalized spacial score (nSPS) is 12.1. The molecule has 3 rings (SSSR count). The van der Waals surface area contributed by atoms with E-state index in [-0.39, 0.29) is 22.0 Å². The first-order valence-corrected chi connectivity index (χ1v) is 11.5. The van der Waals surface area contributed by atoms with Gasteiger partial charge in [-0.2, -0.15) is 21.9 Å². The van der Waals surface area contributed by atoms with Crippen molar-refractivity contribution in [1.29, 1.82) is 0 Å². The molecule has 2 N–H and O–H groups in total. The molecule has 1 unspecified atom stereocenters. The van der Waals surface area contributed by atoms with Crippen LogP contribution in [0.1, 0.15) is 27.2 Å². The van der Waals surface area contributed by atoms with E-state index in [1.54, 1.807) is 0 Å². The van der Waals surface area contributed by atoms with Gasteiger partial charge in [0.05, 0.1) is 18.3 Å². The number of carbonyl (C=O) groups excluding carboxylic acids is 2. The average molecular weight is 540 g/mol. The van der Waals surface area contributed by atoms with Crippen LogP contribution in [0.2, 0.25) is 0 Å². The second-order valence-corrected chi connectivity index (χ2v) is 9.09. The van der Waals surface area contributed by atoms with Gasteiger partial charge in [0.15, 0.2) is 10.6 Å². The maximum Gasteiger partial charge on any atom is 0.418 e. The molecule has 0 aliphatic heterocycles. The average Bonchev–Trinajstić information content (AvgIpc) is 2.83. The van der Waals surface area contributed by atoms with Crippen LogP contribution in [0.4, 0.5) is 23.2 Å². The van der Waals surface area contributed by atoms with E-state index in [0.717, 1.165) is 17.3 Å². The molecule has 9 nitrogen and oxygen atoms in total. The van der Waals surface area contributed by atoms with Crippen molar-refractivity contribution in [2.75, 3.05) is 19.0 Å². The maximum atomic E-state index is 13.6. The van der Waals surface area contributed by atoms with Crippen LogP contribution < -0.4 is 10.1 Å². The van der Waals surface area contributed by atoms with Crippen LogP contribution in [0.5, 0.6) is 11.6 Å². The topological polar surface area (TPSA) is 128 Å². The largest absolute Gasteiger partial charge is 0.588 e. The minimum Gasteiger partial charge on any atom is -0.588 e. The maximum absolute atomic E-state index is 13.6. The van der Waals surface area contributed by atoms with E-state index in [1.807, 2.05) is 0 Å². The lowest BCUT2D eigenvalue weighted by atomic mass is 10.0. The van der Waals surface area contributed by atoms with E-state index in [1.165, 1.54) is 44.3 Å². The van der Waals surface area contributed by atoms with Crippen LogP contribution in [0.25, 0.3) is 0 Å². The van der Waals surface area contributed by atoms with E-state index in [9.17, 15) is 31.7 Å². The Morgan fingerprint density at radius 2 is 1.92 bits per heavy atom. The molecule has 3 aromatic rings. The number of hydrogen-bond donors (Lipinski definition) is 2. The summed E-state index contributed by atoms with van der Waals surface area (Å²) < 4.78 is 72.9. The fraction of sp³-hybridized carbons (Fsp3) is 0.217. The van der Waals surface area contributed by atoms with Crippen LogP contribution >= 0.6 is 0 Å². The molecule has 1 aromatic carbocycles. The summed E-state index contributed by atoms with van der Waals surface area (Å²) in [5.74, 6) is -3.15. The number of ether oxygens (including phenoxy) is 1. The summed E-state index contributed by atoms with van der Waals surface area (Å²) in [7, 11) is 1.20. The molecule has 196 valence electrons. The number of alkyl halides is 3. The Bertz CT molecular complexity index is 1340. The van der Waals surface area contributed by atoms with Crippen LogP contribution in [-0.4, -0.2) is 49.4 Å². The van der Waals surface area contributed by atoms with E-state index in [4.69, 9.17) is 9.84 Å². The second-order valence-electron chi connectivity index (χ2n) is 7.57. The number of nitrogens with zero attached hydrogens (tertiary/aromatic N) is 3. The summed E-state index contributed by atoms with van der Waals surface area (Å²) in [5, 5.41) is 11.4. The molecule has 0 bridgehead atoms. The van der Waals surface area contributed by atoms with Crippen LogP contribution in [-0.2, 0) is 22.3 Å². The molecule has 0 aliphatic carbocycles. The molecule has 0 spiro atoms. The zero-order valence-corrected chi connectivity index (χ0v) is 20.4. The lowest BCUT2D eigenvalue weighted by Gasteiger charge is -2.20. The second kappa shape index (κ2) is 11.1. The standard InChI is InChI=1S/C23H20F4N4O5S/c1-12-16(23(25,26)27)10-28-22(36-17-7-8-18(24)29-13(17)2)20(12)21(34)30-14-5-4-6-15(9-14)37(35)31(3)19(33)11-32/h4-10,32H,11H2,1-3H3,(H,30,34). The van der Waals surface area contributed by atoms with Gasteiger partial charge in [-0.3, -0.25) is 9.59 Å². The molecular formula is C23H20F4N4O5S. The summed E-state index contributed by atoms with van der Waals surface area (Å²) in [6.45, 7) is 1.61. The van der Waals surface area contributed by atoms with Crippen molar-refractivity contribution >= 4 is 28.9 Å². The van der Waals surface area contributed by atoms with Crippen molar-refractivity contribution in [3.8, 4) is 11.6 Å². The molecule has 2 heterocycles. The van der Waals surface area contributed by atoms with Gasteiger partial charge < -0.3 is 19.7 Å². The van der Waals surface area contributed by atoms with Gasteiger partial charge in [-0.15, -0.1) is 0 Å². The minimum absolute atomic E-state index is 0.0314. The van der Waals surface area contributed by atoms with Gasteiger partial charge >= 0.3 is 6.18 Å². The Labute approximate surface area is 211 Å². The number of aliphatic hydroxyl groups is 1. The molecule has 2 aromatic heterocycles. The molecule has 2 amide bonds. The number of anilines is 1. The van der Waals surface area contributed by atoms with Crippen LogP contribution in [0.3, 0.4) is 0 Å². The SMILES string of the molecule is Cc1nc(F)ccc1Oc1ncc(C(F)(F)F)c(C)c1C(=O)Nc1cccc([S+]([O-])N(C)C(=O)CO)c1. The zero-order valence-electron chi connectivity index (χ0n) is 19.6. The zero-order chi connectivity index (χ0) is 27.5. The molecule has 0 radical (unpaired) electrons. The molecule has 0 saturated carbocycles. The molecular weight excluding hydrogens is 520 g/mol. The number of hydrogen-bond acceptors (Lipinski definition) is 7. The Morgan fingerprint density at radius 1 is 1.22 bits per heavy atom. The number of aryl methyl sites for hydroxylation is 1.